The van der Waals surface area contributed by atoms with Crippen LogP contribution in [-0.2, 0) is 19.1 Å². The van der Waals surface area contributed by atoms with Crippen LogP contribution in [0, 0.1) is 0 Å². The maximum atomic E-state index is 13.8. The van der Waals surface area contributed by atoms with Gasteiger partial charge in [0.15, 0.2) is 0 Å². The SMILES string of the molecule is CCC(NC(=O)[C@@H]1CCC2CCCC[C@H](NC(=O)[C@H](C)N(C)C(=O)OC(C)(C)C)C(=O)N21)c1ccccc1. The minimum atomic E-state index is -0.826. The number of amides is 4. The van der Waals surface area contributed by atoms with E-state index >= 15 is 0 Å². The number of rotatable bonds is 7. The molecule has 5 atom stereocenters. The minimum Gasteiger partial charge on any atom is -0.444 e. The highest BCUT2D eigenvalue weighted by molar-refractivity contribution is 5.94. The summed E-state index contributed by atoms with van der Waals surface area (Å²) in [6.07, 6.45) is 4.57. The molecular formula is C29H44N4O5. The van der Waals surface area contributed by atoms with E-state index < -0.39 is 35.7 Å². The van der Waals surface area contributed by atoms with Crippen LogP contribution in [0.1, 0.15) is 91.2 Å². The van der Waals surface area contributed by atoms with E-state index in [4.69, 9.17) is 4.74 Å². The van der Waals surface area contributed by atoms with Crippen molar-refractivity contribution in [3.63, 3.8) is 0 Å². The van der Waals surface area contributed by atoms with Gasteiger partial charge in [0, 0.05) is 13.1 Å². The molecule has 1 aromatic rings. The van der Waals surface area contributed by atoms with E-state index in [1.807, 2.05) is 37.3 Å². The van der Waals surface area contributed by atoms with Crippen LogP contribution in [0.15, 0.2) is 30.3 Å². The number of likely N-dealkylation sites (N-methyl/N-ethyl adjacent to an activating group) is 1. The predicted molar refractivity (Wildman–Crippen MR) is 145 cm³/mol. The molecule has 38 heavy (non-hydrogen) atoms. The first-order valence-corrected chi connectivity index (χ1v) is 13.9. The van der Waals surface area contributed by atoms with Crippen LogP contribution in [0.4, 0.5) is 4.79 Å². The van der Waals surface area contributed by atoms with Gasteiger partial charge in [0.25, 0.3) is 0 Å². The standard InChI is InChI=1S/C29H44N4O5/c1-7-22(20-13-9-8-10-14-20)30-26(35)24-18-17-21-15-11-12-16-23(27(36)33(21)24)31-25(34)19(2)32(6)28(37)38-29(3,4)5/h8-10,13-14,19,21-24H,7,11-12,15-18H2,1-6H3,(H,30,35)(H,31,34)/t19-,21?,22?,23-,24-/m0/s1. The number of carbonyl (C=O) groups is 4. The molecule has 4 amide bonds. The molecule has 0 spiro atoms. The number of carbonyl (C=O) groups excluding carboxylic acids is 4. The molecule has 2 fully saturated rings. The summed E-state index contributed by atoms with van der Waals surface area (Å²) in [7, 11) is 1.51. The van der Waals surface area contributed by atoms with E-state index in [9.17, 15) is 19.2 Å². The smallest absolute Gasteiger partial charge is 0.410 e. The molecule has 2 aliphatic heterocycles. The zero-order chi connectivity index (χ0) is 28.0. The lowest BCUT2D eigenvalue weighted by molar-refractivity contribution is -0.144. The monoisotopic (exact) mass is 528 g/mol. The van der Waals surface area contributed by atoms with E-state index in [1.54, 1.807) is 32.6 Å². The van der Waals surface area contributed by atoms with Crippen LogP contribution in [0.5, 0.6) is 0 Å². The third kappa shape index (κ3) is 7.26. The van der Waals surface area contributed by atoms with Gasteiger partial charge in [0.1, 0.15) is 23.7 Å². The van der Waals surface area contributed by atoms with Crippen LogP contribution in [0.3, 0.4) is 0 Å². The van der Waals surface area contributed by atoms with Crippen LogP contribution >= 0.6 is 0 Å². The average Bonchev–Trinajstić information content (AvgIpc) is 3.29. The van der Waals surface area contributed by atoms with Crippen molar-refractivity contribution in [3.05, 3.63) is 35.9 Å². The molecule has 2 aliphatic rings. The lowest BCUT2D eigenvalue weighted by Crippen LogP contribution is -2.58. The Bertz CT molecular complexity index is 992. The highest BCUT2D eigenvalue weighted by atomic mass is 16.6. The van der Waals surface area contributed by atoms with E-state index in [0.717, 1.165) is 37.7 Å². The topological polar surface area (TPSA) is 108 Å². The summed E-state index contributed by atoms with van der Waals surface area (Å²) < 4.78 is 5.38. The molecule has 1 aromatic carbocycles. The van der Waals surface area contributed by atoms with Gasteiger partial charge >= 0.3 is 6.09 Å². The maximum absolute atomic E-state index is 13.8. The van der Waals surface area contributed by atoms with Crippen LogP contribution in [-0.4, -0.2) is 70.4 Å². The lowest BCUT2D eigenvalue weighted by Gasteiger charge is -2.36. The normalized spacial score (nSPS) is 23.4. The largest absolute Gasteiger partial charge is 0.444 e. The fourth-order valence-electron chi connectivity index (χ4n) is 5.26. The number of hydrogen-bond donors (Lipinski definition) is 2. The fourth-order valence-corrected chi connectivity index (χ4v) is 5.26. The zero-order valence-corrected chi connectivity index (χ0v) is 23.7. The summed E-state index contributed by atoms with van der Waals surface area (Å²) in [6, 6.07) is 7.55. The quantitative estimate of drug-likeness (QED) is 0.558. The molecule has 210 valence electrons. The second kappa shape index (κ2) is 12.6. The third-order valence-corrected chi connectivity index (χ3v) is 7.52. The summed E-state index contributed by atoms with van der Waals surface area (Å²) in [5.74, 6) is -0.801. The molecule has 9 heteroatoms. The predicted octanol–water partition coefficient (Wildman–Crippen LogP) is 3.93. The first-order chi connectivity index (χ1) is 17.9. The Morgan fingerprint density at radius 2 is 1.74 bits per heavy atom. The van der Waals surface area contributed by atoms with Crippen molar-refractivity contribution in [1.82, 2.24) is 20.4 Å². The van der Waals surface area contributed by atoms with E-state index in [2.05, 4.69) is 10.6 Å². The highest BCUT2D eigenvalue weighted by Crippen LogP contribution is 2.32. The summed E-state index contributed by atoms with van der Waals surface area (Å²) in [6.45, 7) is 8.92. The second-order valence-corrected chi connectivity index (χ2v) is 11.5. The Morgan fingerprint density at radius 3 is 2.37 bits per heavy atom. The van der Waals surface area contributed by atoms with E-state index in [1.165, 1.54) is 11.9 Å². The van der Waals surface area contributed by atoms with Crippen LogP contribution < -0.4 is 10.6 Å². The number of nitrogens with one attached hydrogen (secondary N) is 2. The van der Waals surface area contributed by atoms with E-state index in [0.29, 0.717) is 12.8 Å². The molecule has 2 N–H and O–H groups in total. The molecule has 9 nitrogen and oxygen atoms in total. The maximum Gasteiger partial charge on any atom is 0.410 e. The van der Waals surface area contributed by atoms with Crippen molar-refractivity contribution >= 4 is 23.8 Å². The van der Waals surface area contributed by atoms with E-state index in [-0.39, 0.29) is 23.9 Å². The van der Waals surface area contributed by atoms with Crippen molar-refractivity contribution in [2.24, 2.45) is 0 Å². The van der Waals surface area contributed by atoms with Crippen molar-refractivity contribution in [2.75, 3.05) is 7.05 Å². The van der Waals surface area contributed by atoms with Gasteiger partial charge in [0.2, 0.25) is 17.7 Å². The molecule has 2 heterocycles. The lowest BCUT2D eigenvalue weighted by atomic mass is 9.98. The van der Waals surface area contributed by atoms with Gasteiger partial charge in [-0.25, -0.2) is 4.79 Å². The van der Waals surface area contributed by atoms with Gasteiger partial charge < -0.3 is 20.3 Å². The molecule has 2 saturated heterocycles. The Kier molecular flexibility index (Phi) is 9.79. The Labute approximate surface area is 226 Å². The Balaban J connectivity index is 1.71. The molecule has 0 aliphatic carbocycles. The number of benzene rings is 1. The number of ether oxygens (including phenoxy) is 1. The summed E-state index contributed by atoms with van der Waals surface area (Å²) in [5.41, 5.74) is 0.347. The highest BCUT2D eigenvalue weighted by Gasteiger charge is 2.44. The van der Waals surface area contributed by atoms with Gasteiger partial charge in [-0.2, -0.15) is 0 Å². The van der Waals surface area contributed by atoms with Crippen molar-refractivity contribution in [3.8, 4) is 0 Å². The second-order valence-electron chi connectivity index (χ2n) is 11.5. The van der Waals surface area contributed by atoms with Gasteiger partial charge in [-0.05, 0) is 65.4 Å². The number of nitrogens with zero attached hydrogens (tertiary/aromatic N) is 2. The zero-order valence-electron chi connectivity index (χ0n) is 23.7. The molecular weight excluding hydrogens is 484 g/mol. The molecule has 0 radical (unpaired) electrons. The molecule has 3 rings (SSSR count). The van der Waals surface area contributed by atoms with Gasteiger partial charge in [0.05, 0.1) is 6.04 Å². The minimum absolute atomic E-state index is 0.0170. The van der Waals surface area contributed by atoms with Gasteiger partial charge in [-0.3, -0.25) is 19.3 Å². The third-order valence-electron chi connectivity index (χ3n) is 7.52. The average molecular weight is 529 g/mol. The first-order valence-electron chi connectivity index (χ1n) is 13.9. The number of hydrogen-bond acceptors (Lipinski definition) is 5. The van der Waals surface area contributed by atoms with Crippen molar-refractivity contribution in [1.29, 1.82) is 0 Å². The molecule has 0 bridgehead atoms. The molecule has 0 aromatic heterocycles. The fraction of sp³-hybridized carbons (Fsp3) is 0.655. The number of fused-ring (bicyclic) bond motifs is 1. The van der Waals surface area contributed by atoms with Gasteiger partial charge in [-0.15, -0.1) is 0 Å². The molecule has 0 saturated carbocycles. The summed E-state index contributed by atoms with van der Waals surface area (Å²) in [4.78, 5) is 55.8. The first kappa shape index (κ1) is 29.5. The molecule has 2 unspecified atom stereocenters. The van der Waals surface area contributed by atoms with Crippen LogP contribution in [0.2, 0.25) is 0 Å². The summed E-state index contributed by atoms with van der Waals surface area (Å²) in [5, 5.41) is 6.03. The van der Waals surface area contributed by atoms with Gasteiger partial charge in [-0.1, -0.05) is 50.1 Å². The Morgan fingerprint density at radius 1 is 1.08 bits per heavy atom. The van der Waals surface area contributed by atoms with Crippen LogP contribution in [0.25, 0.3) is 0 Å². The van der Waals surface area contributed by atoms with Crippen molar-refractivity contribution < 1.29 is 23.9 Å². The Hall–Kier alpha value is -3.10. The van der Waals surface area contributed by atoms with Crippen molar-refractivity contribution in [2.45, 2.75) is 115 Å². The summed E-state index contributed by atoms with van der Waals surface area (Å²) >= 11 is 0.